The molecule has 4 heteroatoms. The summed E-state index contributed by atoms with van der Waals surface area (Å²) in [5.74, 6) is 0.990. The number of hydrogen-bond donors (Lipinski definition) is 1. The van der Waals surface area contributed by atoms with Crippen LogP contribution in [-0.2, 0) is 6.54 Å². The maximum absolute atomic E-state index is 5.37. The zero-order valence-electron chi connectivity index (χ0n) is 10.1. The second kappa shape index (κ2) is 4.26. The third-order valence-corrected chi connectivity index (χ3v) is 3.89. The molecule has 3 nitrogen and oxygen atoms in total. The molecule has 0 unspecified atom stereocenters. The smallest absolute Gasteiger partial charge is 0.179 e. The Morgan fingerprint density at radius 3 is 3.12 bits per heavy atom. The van der Waals surface area contributed by atoms with Crippen LogP contribution < -0.4 is 0 Å². The average molecular weight is 247 g/mol. The molecule has 0 saturated heterocycles. The zero-order chi connectivity index (χ0) is 11.8. The van der Waals surface area contributed by atoms with Gasteiger partial charge in [-0.1, -0.05) is 12.8 Å². The van der Waals surface area contributed by atoms with E-state index in [4.69, 9.17) is 12.2 Å². The average Bonchev–Trinajstić information content (AvgIpc) is 3.06. The predicted molar refractivity (Wildman–Crippen MR) is 71.6 cm³/mol. The van der Waals surface area contributed by atoms with Crippen molar-refractivity contribution >= 4 is 23.4 Å². The van der Waals surface area contributed by atoms with Crippen LogP contribution in [0.15, 0.2) is 12.3 Å². The Bertz CT molecular complexity index is 592. The van der Waals surface area contributed by atoms with Crippen molar-refractivity contribution in [3.8, 4) is 0 Å². The number of hydrogen-bond acceptors (Lipinski definition) is 2. The molecule has 1 saturated carbocycles. The molecule has 0 atom stereocenters. The molecule has 1 aliphatic rings. The number of aromatic amines is 1. The summed E-state index contributed by atoms with van der Waals surface area (Å²) in [7, 11) is 0. The van der Waals surface area contributed by atoms with Crippen LogP contribution in [0.5, 0.6) is 0 Å². The maximum atomic E-state index is 5.37. The van der Waals surface area contributed by atoms with Crippen molar-refractivity contribution in [1.82, 2.24) is 14.5 Å². The van der Waals surface area contributed by atoms with Gasteiger partial charge in [0.05, 0.1) is 5.52 Å². The van der Waals surface area contributed by atoms with Crippen molar-refractivity contribution in [3.05, 3.63) is 22.6 Å². The molecule has 1 aliphatic carbocycles. The van der Waals surface area contributed by atoms with Gasteiger partial charge in [0.15, 0.2) is 10.4 Å². The van der Waals surface area contributed by atoms with E-state index in [0.29, 0.717) is 0 Å². The molecule has 0 spiro atoms. The molecule has 1 fully saturated rings. The first-order chi connectivity index (χ1) is 8.25. The fraction of sp³-hybridized carbons (Fsp3) is 0.538. The van der Waals surface area contributed by atoms with Crippen LogP contribution in [0.2, 0.25) is 0 Å². The summed E-state index contributed by atoms with van der Waals surface area (Å²) in [5, 5.41) is 0. The number of fused-ring (bicyclic) bond motifs is 1. The highest BCUT2D eigenvalue weighted by atomic mass is 32.1. The van der Waals surface area contributed by atoms with E-state index in [2.05, 4.69) is 21.5 Å². The summed E-state index contributed by atoms with van der Waals surface area (Å²) in [6.45, 7) is 3.08. The minimum absolute atomic E-state index is 0.803. The Hall–Kier alpha value is -1.16. The van der Waals surface area contributed by atoms with E-state index < -0.39 is 0 Å². The quantitative estimate of drug-likeness (QED) is 0.838. The number of H-pyrrole nitrogens is 1. The van der Waals surface area contributed by atoms with Gasteiger partial charge in [-0.05, 0) is 49.5 Å². The molecule has 1 N–H and O–H groups in total. The molecule has 2 heterocycles. The number of nitrogens with zero attached hydrogens (tertiary/aromatic N) is 2. The lowest BCUT2D eigenvalue weighted by Gasteiger charge is -2.03. The van der Waals surface area contributed by atoms with Gasteiger partial charge in [-0.15, -0.1) is 0 Å². The van der Waals surface area contributed by atoms with E-state index in [1.165, 1.54) is 31.2 Å². The summed E-state index contributed by atoms with van der Waals surface area (Å²) in [6, 6.07) is 2.02. The van der Waals surface area contributed by atoms with E-state index in [0.717, 1.165) is 28.4 Å². The second-order valence-electron chi connectivity index (χ2n) is 4.99. The fourth-order valence-electron chi connectivity index (χ4n) is 2.33. The van der Waals surface area contributed by atoms with E-state index in [1.807, 2.05) is 12.3 Å². The van der Waals surface area contributed by atoms with Gasteiger partial charge in [-0.2, -0.15) is 0 Å². The van der Waals surface area contributed by atoms with E-state index >= 15 is 0 Å². The highest BCUT2D eigenvalue weighted by molar-refractivity contribution is 7.71. The van der Waals surface area contributed by atoms with E-state index in [1.54, 1.807) is 0 Å². The Balaban J connectivity index is 1.88. The van der Waals surface area contributed by atoms with Crippen molar-refractivity contribution in [3.63, 3.8) is 0 Å². The molecule has 2 aromatic rings. The minimum atomic E-state index is 0.803. The SMILES string of the molecule is Cc1ccnc2c1[nH]c(=S)n2CCCC1CC1. The molecule has 2 aromatic heterocycles. The van der Waals surface area contributed by atoms with Crippen LogP contribution in [-0.4, -0.2) is 14.5 Å². The second-order valence-corrected chi connectivity index (χ2v) is 5.38. The first-order valence-corrected chi connectivity index (χ1v) is 6.70. The number of aromatic nitrogens is 3. The molecule has 0 aliphatic heterocycles. The predicted octanol–water partition coefficient (Wildman–Crippen LogP) is 3.59. The van der Waals surface area contributed by atoms with Crippen molar-refractivity contribution < 1.29 is 0 Å². The maximum Gasteiger partial charge on any atom is 0.179 e. The third-order valence-electron chi connectivity index (χ3n) is 3.56. The van der Waals surface area contributed by atoms with Gasteiger partial charge < -0.3 is 9.55 Å². The largest absolute Gasteiger partial charge is 0.329 e. The minimum Gasteiger partial charge on any atom is -0.329 e. The van der Waals surface area contributed by atoms with Crippen LogP contribution >= 0.6 is 12.2 Å². The van der Waals surface area contributed by atoms with Gasteiger partial charge >= 0.3 is 0 Å². The van der Waals surface area contributed by atoms with Crippen LogP contribution in [0.3, 0.4) is 0 Å². The highest BCUT2D eigenvalue weighted by Crippen LogP contribution is 2.33. The molecule has 0 aromatic carbocycles. The Labute approximate surface area is 106 Å². The van der Waals surface area contributed by atoms with Crippen LogP contribution in [0.25, 0.3) is 11.2 Å². The number of rotatable bonds is 4. The zero-order valence-corrected chi connectivity index (χ0v) is 10.9. The van der Waals surface area contributed by atoms with E-state index in [9.17, 15) is 0 Å². The Kier molecular flexibility index (Phi) is 2.74. The molecule has 0 amide bonds. The van der Waals surface area contributed by atoms with Gasteiger partial charge in [0.25, 0.3) is 0 Å². The molecule has 0 radical (unpaired) electrons. The normalized spacial score (nSPS) is 15.6. The van der Waals surface area contributed by atoms with Gasteiger partial charge in [-0.25, -0.2) is 4.98 Å². The first-order valence-electron chi connectivity index (χ1n) is 6.30. The number of aryl methyl sites for hydroxylation is 2. The van der Waals surface area contributed by atoms with Crippen LogP contribution in [0.1, 0.15) is 31.2 Å². The topological polar surface area (TPSA) is 33.6 Å². The monoisotopic (exact) mass is 247 g/mol. The summed E-state index contributed by atoms with van der Waals surface area (Å²) in [5.41, 5.74) is 3.30. The molecule has 3 rings (SSSR count). The van der Waals surface area contributed by atoms with Crippen molar-refractivity contribution in [1.29, 1.82) is 0 Å². The molecule has 17 heavy (non-hydrogen) atoms. The van der Waals surface area contributed by atoms with Crippen molar-refractivity contribution in [2.45, 2.75) is 39.2 Å². The van der Waals surface area contributed by atoms with Gasteiger partial charge in [0.2, 0.25) is 0 Å². The third kappa shape index (κ3) is 2.14. The lowest BCUT2D eigenvalue weighted by Crippen LogP contribution is -1.99. The summed E-state index contributed by atoms with van der Waals surface area (Å²) in [4.78, 5) is 7.71. The van der Waals surface area contributed by atoms with Crippen LogP contribution in [0.4, 0.5) is 0 Å². The molecular formula is C13H17N3S. The Morgan fingerprint density at radius 2 is 2.35 bits per heavy atom. The van der Waals surface area contributed by atoms with Crippen molar-refractivity contribution in [2.24, 2.45) is 5.92 Å². The summed E-state index contributed by atoms with van der Waals surface area (Å²) < 4.78 is 2.94. The standard InChI is InChI=1S/C13H17N3S/c1-9-6-7-14-12-11(9)15-13(17)16(12)8-2-3-10-4-5-10/h6-7,10H,2-5,8H2,1H3,(H,15,17). The summed E-state index contributed by atoms with van der Waals surface area (Å²) >= 11 is 5.37. The molecule has 90 valence electrons. The lowest BCUT2D eigenvalue weighted by atomic mass is 10.2. The van der Waals surface area contributed by atoms with Gasteiger partial charge in [0, 0.05) is 12.7 Å². The molecule has 0 bridgehead atoms. The molecular weight excluding hydrogens is 230 g/mol. The van der Waals surface area contributed by atoms with Gasteiger partial charge in [0.1, 0.15) is 0 Å². The Morgan fingerprint density at radius 1 is 1.53 bits per heavy atom. The number of imidazole rings is 1. The van der Waals surface area contributed by atoms with Gasteiger partial charge in [-0.3, -0.25) is 0 Å². The highest BCUT2D eigenvalue weighted by Gasteiger charge is 2.20. The first kappa shape index (κ1) is 11.0. The number of nitrogens with one attached hydrogen (secondary N) is 1. The van der Waals surface area contributed by atoms with E-state index in [-0.39, 0.29) is 0 Å². The fourth-order valence-corrected chi connectivity index (χ4v) is 2.61. The van der Waals surface area contributed by atoms with Crippen molar-refractivity contribution in [2.75, 3.05) is 0 Å². The lowest BCUT2D eigenvalue weighted by molar-refractivity contribution is 0.580. The summed E-state index contributed by atoms with van der Waals surface area (Å²) in [6.07, 6.45) is 7.26. The van der Waals surface area contributed by atoms with Crippen LogP contribution in [0, 0.1) is 17.6 Å². The number of pyridine rings is 1.